The van der Waals surface area contributed by atoms with Gasteiger partial charge in [0.25, 0.3) is 0 Å². The highest BCUT2D eigenvalue weighted by Gasteiger charge is 2.21. The van der Waals surface area contributed by atoms with Crippen LogP contribution in [0, 0.1) is 6.92 Å². The summed E-state index contributed by atoms with van der Waals surface area (Å²) in [6.45, 7) is 3.48. The van der Waals surface area contributed by atoms with Crippen LogP contribution < -0.4 is 5.48 Å². The first-order valence-corrected chi connectivity index (χ1v) is 5.26. The molecule has 1 N–H and O–H groups in total. The first-order chi connectivity index (χ1) is 6.33. The van der Waals surface area contributed by atoms with Crippen LogP contribution in [0.15, 0.2) is 0 Å². The third kappa shape index (κ3) is 1.61. The molecule has 2 rings (SSSR count). The number of rotatable bonds is 2. The van der Waals surface area contributed by atoms with Crippen molar-refractivity contribution in [2.45, 2.75) is 18.3 Å². The van der Waals surface area contributed by atoms with Crippen LogP contribution in [0.25, 0.3) is 0 Å². The molecule has 0 amide bonds. The van der Waals surface area contributed by atoms with E-state index in [9.17, 15) is 0 Å². The Kier molecular flexibility index (Phi) is 2.61. The van der Waals surface area contributed by atoms with Crippen LogP contribution in [0.4, 0.5) is 0 Å². The fraction of sp³-hybridized carbons (Fsp3) is 0.714. The van der Waals surface area contributed by atoms with Crippen molar-refractivity contribution in [1.29, 1.82) is 0 Å². The third-order valence-electron chi connectivity index (χ3n) is 2.19. The molecule has 72 valence electrons. The van der Waals surface area contributed by atoms with Crippen molar-refractivity contribution in [2.24, 2.45) is 0 Å². The maximum Gasteiger partial charge on any atom is 0.0961 e. The molecule has 2 heterocycles. The van der Waals surface area contributed by atoms with Gasteiger partial charge in [0, 0.05) is 11.9 Å². The maximum atomic E-state index is 5.06. The minimum atomic E-state index is 0.278. The summed E-state index contributed by atoms with van der Waals surface area (Å²) >= 11 is 3.37. The van der Waals surface area contributed by atoms with Gasteiger partial charge in [0.15, 0.2) is 0 Å². The summed E-state index contributed by atoms with van der Waals surface area (Å²) in [6, 6.07) is 0.278. The predicted octanol–water partition coefficient (Wildman–Crippen LogP) is 0.557. The fourth-order valence-electron chi connectivity index (χ4n) is 1.37. The number of hydrogen-bond donors (Lipinski definition) is 1. The van der Waals surface area contributed by atoms with E-state index in [4.69, 9.17) is 4.84 Å². The van der Waals surface area contributed by atoms with Crippen molar-refractivity contribution >= 4 is 15.9 Å². The highest BCUT2D eigenvalue weighted by atomic mass is 79.9. The average Bonchev–Trinajstić information content (AvgIpc) is 2.72. The smallest absolute Gasteiger partial charge is 0.0961 e. The lowest BCUT2D eigenvalue weighted by Gasteiger charge is -2.07. The van der Waals surface area contributed by atoms with Crippen molar-refractivity contribution in [1.82, 2.24) is 20.5 Å². The van der Waals surface area contributed by atoms with Crippen molar-refractivity contribution in [2.75, 3.05) is 13.2 Å². The molecule has 0 bridgehead atoms. The van der Waals surface area contributed by atoms with E-state index in [1.165, 1.54) is 0 Å². The Hall–Kier alpha value is -0.460. The molecular formula is C7H11BrN4O. The lowest BCUT2D eigenvalue weighted by molar-refractivity contribution is 0.0967. The second kappa shape index (κ2) is 3.73. The molecule has 1 atom stereocenters. The molecule has 1 fully saturated rings. The molecule has 0 saturated carbocycles. The standard InChI is InChI=1S/C7H11BrN4O/c1-5-7(2-8)10-11-12(5)6-3-9-13-4-6/h6,9H,2-4H2,1H3/t6-/m0/s1. The number of alkyl halides is 1. The van der Waals surface area contributed by atoms with E-state index in [2.05, 4.69) is 31.7 Å². The van der Waals surface area contributed by atoms with E-state index in [0.29, 0.717) is 6.61 Å². The van der Waals surface area contributed by atoms with Crippen LogP contribution in [0.5, 0.6) is 0 Å². The van der Waals surface area contributed by atoms with Crippen LogP contribution in [0.3, 0.4) is 0 Å². The SMILES string of the molecule is Cc1c(CBr)nnn1[C@H]1CNOC1. The molecule has 1 aromatic heterocycles. The monoisotopic (exact) mass is 246 g/mol. The number of aromatic nitrogens is 3. The first-order valence-electron chi connectivity index (χ1n) is 4.14. The van der Waals surface area contributed by atoms with Gasteiger partial charge < -0.3 is 0 Å². The van der Waals surface area contributed by atoms with Crippen molar-refractivity contribution in [3.8, 4) is 0 Å². The molecule has 0 radical (unpaired) electrons. The summed E-state index contributed by atoms with van der Waals surface area (Å²) in [6.07, 6.45) is 0. The molecule has 1 saturated heterocycles. The Morgan fingerprint density at radius 2 is 2.62 bits per heavy atom. The molecule has 0 aliphatic carbocycles. The Balaban J connectivity index is 2.24. The van der Waals surface area contributed by atoms with Gasteiger partial charge in [0.1, 0.15) is 0 Å². The zero-order valence-corrected chi connectivity index (χ0v) is 8.91. The topological polar surface area (TPSA) is 52.0 Å². The lowest BCUT2D eigenvalue weighted by atomic mass is 10.3. The molecule has 6 heteroatoms. The summed E-state index contributed by atoms with van der Waals surface area (Å²) in [4.78, 5) is 5.06. The minimum Gasteiger partial charge on any atom is -0.299 e. The highest BCUT2D eigenvalue weighted by molar-refractivity contribution is 9.08. The van der Waals surface area contributed by atoms with Crippen LogP contribution in [0.2, 0.25) is 0 Å². The number of halogens is 1. The summed E-state index contributed by atoms with van der Waals surface area (Å²) in [5, 5.41) is 8.90. The molecule has 0 aromatic carbocycles. The van der Waals surface area contributed by atoms with Crippen molar-refractivity contribution in [3.05, 3.63) is 11.4 Å². The maximum absolute atomic E-state index is 5.06. The number of hydroxylamine groups is 1. The zero-order chi connectivity index (χ0) is 9.26. The third-order valence-corrected chi connectivity index (χ3v) is 2.72. The molecule has 1 aliphatic heterocycles. The van der Waals surface area contributed by atoms with Gasteiger partial charge in [-0.05, 0) is 6.92 Å². The Morgan fingerprint density at radius 3 is 3.15 bits per heavy atom. The van der Waals surface area contributed by atoms with Crippen molar-refractivity contribution in [3.63, 3.8) is 0 Å². The summed E-state index contributed by atoms with van der Waals surface area (Å²) < 4.78 is 1.91. The molecule has 0 unspecified atom stereocenters. The lowest BCUT2D eigenvalue weighted by Crippen LogP contribution is -2.17. The predicted molar refractivity (Wildman–Crippen MR) is 50.4 cm³/mol. The van der Waals surface area contributed by atoms with Gasteiger partial charge in [-0.2, -0.15) is 0 Å². The van der Waals surface area contributed by atoms with Crippen molar-refractivity contribution < 1.29 is 4.84 Å². The van der Waals surface area contributed by atoms with Crippen LogP contribution in [-0.2, 0) is 10.2 Å². The van der Waals surface area contributed by atoms with Crippen LogP contribution in [-0.4, -0.2) is 28.1 Å². The van der Waals surface area contributed by atoms with Gasteiger partial charge >= 0.3 is 0 Å². The van der Waals surface area contributed by atoms with E-state index < -0.39 is 0 Å². The van der Waals surface area contributed by atoms with E-state index in [1.807, 2.05) is 11.6 Å². The molecule has 1 aromatic rings. The normalized spacial score (nSPS) is 22.5. The number of nitrogens with one attached hydrogen (secondary N) is 1. The highest BCUT2D eigenvalue weighted by Crippen LogP contribution is 2.15. The Labute approximate surface area is 84.5 Å². The molecule has 1 aliphatic rings. The van der Waals surface area contributed by atoms with Crippen LogP contribution in [0.1, 0.15) is 17.4 Å². The van der Waals surface area contributed by atoms with Gasteiger partial charge in [-0.25, -0.2) is 10.2 Å². The molecule has 13 heavy (non-hydrogen) atoms. The fourth-order valence-corrected chi connectivity index (χ4v) is 1.89. The van der Waals surface area contributed by atoms with Crippen LogP contribution >= 0.6 is 15.9 Å². The second-order valence-electron chi connectivity index (χ2n) is 3.01. The van der Waals surface area contributed by atoms with Gasteiger partial charge in [-0.15, -0.1) is 5.10 Å². The molecule has 0 spiro atoms. The summed E-state index contributed by atoms with van der Waals surface area (Å²) in [5.41, 5.74) is 4.92. The van der Waals surface area contributed by atoms with Gasteiger partial charge in [0.05, 0.1) is 24.0 Å². The van der Waals surface area contributed by atoms with Gasteiger partial charge in [0.2, 0.25) is 0 Å². The van der Waals surface area contributed by atoms with E-state index in [-0.39, 0.29) is 6.04 Å². The quantitative estimate of drug-likeness (QED) is 0.776. The zero-order valence-electron chi connectivity index (χ0n) is 7.33. The summed E-state index contributed by atoms with van der Waals surface area (Å²) in [5.74, 6) is 0. The van der Waals surface area contributed by atoms with Gasteiger partial charge in [-0.1, -0.05) is 21.1 Å². The Morgan fingerprint density at radius 1 is 1.77 bits per heavy atom. The number of nitrogens with zero attached hydrogens (tertiary/aromatic N) is 3. The molecular weight excluding hydrogens is 236 g/mol. The van der Waals surface area contributed by atoms with Gasteiger partial charge in [-0.3, -0.25) is 4.84 Å². The average molecular weight is 247 g/mol. The Bertz CT molecular complexity index is 295. The second-order valence-corrected chi connectivity index (χ2v) is 3.57. The largest absolute Gasteiger partial charge is 0.299 e. The van der Waals surface area contributed by atoms with E-state index >= 15 is 0 Å². The van der Waals surface area contributed by atoms with E-state index in [1.54, 1.807) is 0 Å². The molecule has 5 nitrogen and oxygen atoms in total. The van der Waals surface area contributed by atoms with E-state index in [0.717, 1.165) is 23.3 Å². The number of hydrogen-bond acceptors (Lipinski definition) is 4. The summed E-state index contributed by atoms with van der Waals surface area (Å²) in [7, 11) is 0. The first kappa shape index (κ1) is 9.11. The minimum absolute atomic E-state index is 0.278.